The highest BCUT2D eigenvalue weighted by atomic mass is 19.1. The molecule has 0 unspecified atom stereocenters. The van der Waals surface area contributed by atoms with Crippen LogP contribution in [-0.4, -0.2) is 17.7 Å². The van der Waals surface area contributed by atoms with E-state index in [0.717, 1.165) is 36.9 Å². The molecule has 25 heavy (non-hydrogen) atoms. The molecule has 0 radical (unpaired) electrons. The summed E-state index contributed by atoms with van der Waals surface area (Å²) in [7, 11) is 0. The summed E-state index contributed by atoms with van der Waals surface area (Å²) in [5, 5.41) is 0. The smallest absolute Gasteiger partial charge is 0.234 e. The van der Waals surface area contributed by atoms with Crippen molar-refractivity contribution in [2.45, 2.75) is 65.8 Å². The van der Waals surface area contributed by atoms with Gasteiger partial charge in [0.05, 0.1) is 5.41 Å². The third kappa shape index (κ3) is 1.86. The number of halogens is 1. The number of anilines is 1. The molecule has 1 aromatic carbocycles. The van der Waals surface area contributed by atoms with E-state index in [-0.39, 0.29) is 29.0 Å². The minimum Gasteiger partial charge on any atom is -0.309 e. The van der Waals surface area contributed by atoms with Gasteiger partial charge in [-0.3, -0.25) is 9.59 Å². The standard InChI is InChI=1S/C21H26FNO2/c1-13-5-6-14-11-15(22)7-8-16(14)23(13)18(25)21-10-9-20(4,17(24)12-21)19(21,2)3/h7-8,11,13H,5-6,9-10,12H2,1-4H3/t13-,20+,21+/m0/s1. The van der Waals surface area contributed by atoms with E-state index in [0.29, 0.717) is 6.42 Å². The molecular formula is C21H26FNO2. The highest BCUT2D eigenvalue weighted by Gasteiger charge is 2.73. The van der Waals surface area contributed by atoms with Crippen LogP contribution in [0.3, 0.4) is 0 Å². The number of hydrogen-bond donors (Lipinski definition) is 0. The van der Waals surface area contributed by atoms with Gasteiger partial charge in [0.1, 0.15) is 11.6 Å². The summed E-state index contributed by atoms with van der Waals surface area (Å²) in [6, 6.07) is 4.77. The van der Waals surface area contributed by atoms with Crippen molar-refractivity contribution in [3.8, 4) is 0 Å². The van der Waals surface area contributed by atoms with Crippen LogP contribution >= 0.6 is 0 Å². The zero-order valence-corrected chi connectivity index (χ0v) is 15.5. The maximum absolute atomic E-state index is 13.8. The molecule has 0 saturated heterocycles. The van der Waals surface area contributed by atoms with Crippen LogP contribution in [0.4, 0.5) is 10.1 Å². The maximum Gasteiger partial charge on any atom is 0.234 e. The molecule has 4 rings (SSSR count). The van der Waals surface area contributed by atoms with Crippen molar-refractivity contribution in [3.63, 3.8) is 0 Å². The minimum absolute atomic E-state index is 0.0622. The summed E-state index contributed by atoms with van der Waals surface area (Å²) in [5.74, 6) is 0.0249. The van der Waals surface area contributed by atoms with Gasteiger partial charge in [-0.1, -0.05) is 20.8 Å². The third-order valence-corrected chi connectivity index (χ3v) is 7.91. The number of carbonyl (C=O) groups excluding carboxylic acids is 2. The van der Waals surface area contributed by atoms with Crippen molar-refractivity contribution < 1.29 is 14.0 Å². The average molecular weight is 343 g/mol. The monoisotopic (exact) mass is 343 g/mol. The molecule has 3 nitrogen and oxygen atoms in total. The van der Waals surface area contributed by atoms with Gasteiger partial charge in [-0.15, -0.1) is 0 Å². The van der Waals surface area contributed by atoms with Crippen LogP contribution in [0.25, 0.3) is 0 Å². The molecule has 1 aromatic rings. The first-order valence-electron chi connectivity index (χ1n) is 9.29. The lowest BCUT2D eigenvalue weighted by Gasteiger charge is -2.45. The first kappa shape index (κ1) is 16.7. The Morgan fingerprint density at radius 3 is 2.56 bits per heavy atom. The number of amides is 1. The number of benzene rings is 1. The fraction of sp³-hybridized carbons (Fsp3) is 0.619. The number of carbonyl (C=O) groups is 2. The summed E-state index contributed by atoms with van der Waals surface area (Å²) in [4.78, 5) is 28.4. The Kier molecular flexibility index (Phi) is 3.30. The van der Waals surface area contributed by atoms with Gasteiger partial charge in [-0.05, 0) is 61.8 Å². The molecule has 2 saturated carbocycles. The lowest BCUT2D eigenvalue weighted by molar-refractivity contribution is -0.134. The molecule has 0 spiro atoms. The fourth-order valence-corrected chi connectivity index (χ4v) is 5.59. The van der Waals surface area contributed by atoms with Gasteiger partial charge in [-0.25, -0.2) is 4.39 Å². The topological polar surface area (TPSA) is 37.4 Å². The van der Waals surface area contributed by atoms with Crippen LogP contribution < -0.4 is 4.90 Å². The van der Waals surface area contributed by atoms with E-state index in [4.69, 9.17) is 0 Å². The Bertz CT molecular complexity index is 786. The third-order valence-electron chi connectivity index (χ3n) is 7.91. The number of hydrogen-bond acceptors (Lipinski definition) is 2. The molecule has 4 heteroatoms. The quantitative estimate of drug-likeness (QED) is 0.763. The van der Waals surface area contributed by atoms with E-state index < -0.39 is 10.8 Å². The van der Waals surface area contributed by atoms with Crippen molar-refractivity contribution in [1.29, 1.82) is 0 Å². The first-order chi connectivity index (χ1) is 11.6. The van der Waals surface area contributed by atoms with Crippen molar-refractivity contribution in [1.82, 2.24) is 0 Å². The summed E-state index contributed by atoms with van der Waals surface area (Å²) < 4.78 is 13.6. The Morgan fingerprint density at radius 2 is 1.96 bits per heavy atom. The molecule has 2 aliphatic carbocycles. The van der Waals surface area contributed by atoms with Gasteiger partial charge < -0.3 is 4.90 Å². The predicted molar refractivity (Wildman–Crippen MR) is 94.8 cm³/mol. The van der Waals surface area contributed by atoms with E-state index in [1.165, 1.54) is 6.07 Å². The molecule has 134 valence electrons. The Balaban J connectivity index is 1.81. The van der Waals surface area contributed by atoms with Crippen LogP contribution in [0.1, 0.15) is 58.9 Å². The highest BCUT2D eigenvalue weighted by Crippen LogP contribution is 2.71. The molecule has 3 atom stereocenters. The predicted octanol–water partition coefficient (Wildman–Crippen LogP) is 4.28. The Hall–Kier alpha value is -1.71. The number of Topliss-reactive ketones (excluding diaryl/α,β-unsaturated/α-hetero) is 1. The molecule has 1 amide bonds. The second kappa shape index (κ2) is 4.93. The van der Waals surface area contributed by atoms with Crippen LogP contribution in [0.15, 0.2) is 18.2 Å². The van der Waals surface area contributed by atoms with Gasteiger partial charge in [-0.2, -0.15) is 0 Å². The zero-order valence-electron chi connectivity index (χ0n) is 15.5. The maximum atomic E-state index is 13.8. The summed E-state index contributed by atoms with van der Waals surface area (Å²) >= 11 is 0. The number of aryl methyl sites for hydroxylation is 1. The van der Waals surface area contributed by atoms with E-state index >= 15 is 0 Å². The van der Waals surface area contributed by atoms with Crippen LogP contribution in [-0.2, 0) is 16.0 Å². The highest BCUT2D eigenvalue weighted by molar-refractivity contribution is 6.06. The second-order valence-corrected chi connectivity index (χ2v) is 8.98. The van der Waals surface area contributed by atoms with Gasteiger partial charge in [0, 0.05) is 23.6 Å². The molecule has 2 fully saturated rings. The molecular weight excluding hydrogens is 317 g/mol. The zero-order chi connectivity index (χ0) is 18.2. The van der Waals surface area contributed by atoms with Crippen LogP contribution in [0.5, 0.6) is 0 Å². The SMILES string of the molecule is C[C@H]1CCc2cc(F)ccc2N1C(=O)[C@@]12CC[C@](C)(C(=O)C1)C2(C)C. The minimum atomic E-state index is -0.629. The van der Waals surface area contributed by atoms with Crippen molar-refractivity contribution >= 4 is 17.4 Å². The molecule has 0 N–H and O–H groups in total. The van der Waals surface area contributed by atoms with E-state index in [2.05, 4.69) is 20.8 Å². The molecule has 3 aliphatic rings. The van der Waals surface area contributed by atoms with Crippen molar-refractivity contribution in [3.05, 3.63) is 29.6 Å². The normalized spacial score (nSPS) is 35.8. The number of nitrogens with zero attached hydrogens (tertiary/aromatic N) is 1. The van der Waals surface area contributed by atoms with E-state index in [1.54, 1.807) is 12.1 Å². The summed E-state index contributed by atoms with van der Waals surface area (Å²) in [6.45, 7) is 8.26. The lowest BCUT2D eigenvalue weighted by atomic mass is 9.64. The number of rotatable bonds is 1. The molecule has 2 bridgehead atoms. The lowest BCUT2D eigenvalue weighted by Crippen LogP contribution is -2.53. The average Bonchev–Trinajstić information content (AvgIpc) is 2.85. The summed E-state index contributed by atoms with van der Waals surface area (Å²) in [6.07, 6.45) is 3.49. The second-order valence-electron chi connectivity index (χ2n) is 8.98. The first-order valence-corrected chi connectivity index (χ1v) is 9.29. The molecule has 1 heterocycles. The van der Waals surface area contributed by atoms with Crippen LogP contribution in [0, 0.1) is 22.1 Å². The summed E-state index contributed by atoms with van der Waals surface area (Å²) in [5.41, 5.74) is 0.323. The van der Waals surface area contributed by atoms with Gasteiger partial charge in [0.25, 0.3) is 0 Å². The van der Waals surface area contributed by atoms with E-state index in [1.807, 2.05) is 11.8 Å². The fourth-order valence-electron chi connectivity index (χ4n) is 5.59. The largest absolute Gasteiger partial charge is 0.309 e. The Labute approximate surface area is 148 Å². The van der Waals surface area contributed by atoms with Crippen molar-refractivity contribution in [2.24, 2.45) is 16.2 Å². The van der Waals surface area contributed by atoms with E-state index in [9.17, 15) is 14.0 Å². The molecule has 1 aliphatic heterocycles. The van der Waals surface area contributed by atoms with Crippen LogP contribution in [0.2, 0.25) is 0 Å². The van der Waals surface area contributed by atoms with Gasteiger partial charge in [0.2, 0.25) is 5.91 Å². The number of ketones is 1. The van der Waals surface area contributed by atoms with Gasteiger partial charge in [0.15, 0.2) is 0 Å². The molecule has 0 aromatic heterocycles. The van der Waals surface area contributed by atoms with Crippen molar-refractivity contribution in [2.75, 3.05) is 4.90 Å². The number of fused-ring (bicyclic) bond motifs is 3. The van der Waals surface area contributed by atoms with Gasteiger partial charge >= 0.3 is 0 Å². The Morgan fingerprint density at radius 1 is 1.24 bits per heavy atom.